The average molecular weight is 1450 g/mol. The molecule has 99 heavy (non-hydrogen) atoms. The fourth-order valence-corrected chi connectivity index (χ4v) is 13.9. The molecule has 0 saturated carbocycles. The molecule has 0 aromatic carbocycles. The molecule has 0 spiro atoms. The first kappa shape index (κ1) is 97.1. The van der Waals surface area contributed by atoms with Gasteiger partial charge in [-0.3, -0.25) is 37.3 Å². The van der Waals surface area contributed by atoms with Crippen molar-refractivity contribution in [3.05, 3.63) is 0 Å². The SMILES string of the molecule is CCCCCCCCCCCCCCCCCCCCCCC(=O)O[C@H](COC(=O)CCCCCCCCCCCCCCCCC(C)C)COP(=O)(O)OC[C@@H](O)COP(=O)(O)OC[C@@H](COC(=O)CCCCCCCCCCCC)OC(=O)CCCCCCCCCCCC(C)C. The van der Waals surface area contributed by atoms with Crippen LogP contribution in [0.3, 0.4) is 0 Å². The highest BCUT2D eigenvalue weighted by Gasteiger charge is 2.30. The lowest BCUT2D eigenvalue weighted by molar-refractivity contribution is -0.161. The number of unbranched alkanes of at least 4 members (excludes halogenated alkanes) is 49. The summed E-state index contributed by atoms with van der Waals surface area (Å²) in [6, 6.07) is 0. The molecule has 0 radical (unpaired) electrons. The van der Waals surface area contributed by atoms with E-state index < -0.39 is 97.5 Å². The maximum absolute atomic E-state index is 13.1. The molecule has 588 valence electrons. The Hall–Kier alpha value is -1.94. The Kier molecular flexibility index (Phi) is 70.3. The summed E-state index contributed by atoms with van der Waals surface area (Å²) in [5.41, 5.74) is 0. The molecule has 0 aliphatic heterocycles. The summed E-state index contributed by atoms with van der Waals surface area (Å²) in [7, 11) is -9.92. The van der Waals surface area contributed by atoms with Gasteiger partial charge in [-0.25, -0.2) is 9.13 Å². The molecule has 19 heteroatoms. The number of aliphatic hydroxyl groups is 1. The molecule has 3 N–H and O–H groups in total. The van der Waals surface area contributed by atoms with E-state index in [0.717, 1.165) is 102 Å². The van der Waals surface area contributed by atoms with Gasteiger partial charge in [0.05, 0.1) is 26.4 Å². The number of phosphoric acid groups is 2. The average Bonchev–Trinajstić information content (AvgIpc) is 1.06. The number of phosphoric ester groups is 2. The molecule has 0 aromatic rings. The number of carbonyl (C=O) groups excluding carboxylic acids is 4. The van der Waals surface area contributed by atoms with E-state index in [4.69, 9.17) is 37.0 Å². The van der Waals surface area contributed by atoms with Crippen molar-refractivity contribution in [3.63, 3.8) is 0 Å². The summed E-state index contributed by atoms with van der Waals surface area (Å²) in [4.78, 5) is 72.9. The van der Waals surface area contributed by atoms with Crippen molar-refractivity contribution in [2.24, 2.45) is 11.8 Å². The molecule has 0 aromatic heterocycles. The summed E-state index contributed by atoms with van der Waals surface area (Å²) >= 11 is 0. The molecule has 2 unspecified atom stereocenters. The molecule has 0 fully saturated rings. The number of ether oxygens (including phenoxy) is 4. The molecule has 5 atom stereocenters. The van der Waals surface area contributed by atoms with Crippen LogP contribution in [0.15, 0.2) is 0 Å². The number of aliphatic hydroxyl groups excluding tert-OH is 1. The van der Waals surface area contributed by atoms with E-state index in [-0.39, 0.29) is 25.7 Å². The van der Waals surface area contributed by atoms with E-state index in [0.29, 0.717) is 25.7 Å². The zero-order chi connectivity index (χ0) is 72.8. The molecule has 0 bridgehead atoms. The van der Waals surface area contributed by atoms with Gasteiger partial charge in [0.1, 0.15) is 19.3 Å². The van der Waals surface area contributed by atoms with Crippen LogP contribution in [0.5, 0.6) is 0 Å². The van der Waals surface area contributed by atoms with Gasteiger partial charge in [-0.15, -0.1) is 0 Å². The third-order valence-electron chi connectivity index (χ3n) is 18.7. The number of carbonyl (C=O) groups is 4. The molecule has 0 heterocycles. The smallest absolute Gasteiger partial charge is 0.462 e. The van der Waals surface area contributed by atoms with E-state index in [9.17, 15) is 43.2 Å². The van der Waals surface area contributed by atoms with E-state index in [1.165, 1.54) is 238 Å². The van der Waals surface area contributed by atoms with E-state index in [2.05, 4.69) is 41.5 Å². The summed E-state index contributed by atoms with van der Waals surface area (Å²) in [6.45, 7) is 9.62. The van der Waals surface area contributed by atoms with E-state index >= 15 is 0 Å². The van der Waals surface area contributed by atoms with Crippen LogP contribution in [0.4, 0.5) is 0 Å². The summed E-state index contributed by atoms with van der Waals surface area (Å²) in [5, 5.41) is 10.6. The minimum Gasteiger partial charge on any atom is -0.462 e. The topological polar surface area (TPSA) is 237 Å². The largest absolute Gasteiger partial charge is 0.472 e. The standard InChI is InChI=1S/C80H156O17P2/c1-7-9-11-13-15-17-19-20-21-22-23-24-25-26-31-34-40-46-52-58-64-79(84)96-75(69-91-78(83)63-57-51-45-39-33-30-28-27-29-32-36-42-48-54-60-72(3)4)70-94-98(86,87)92-66-74(81)67-93-99(88,89)95-71-76(68-90-77(82)62-56-50-44-38-18-16-14-12-10-8-2)97-80(85)65-59-53-47-41-35-37-43-49-55-61-73(5)6/h72-76,81H,7-71H2,1-6H3,(H,86,87)(H,88,89)/t74-,75-,76-/m1/s1. The fraction of sp³-hybridized carbons (Fsp3) is 0.950. The van der Waals surface area contributed by atoms with Gasteiger partial charge in [0, 0.05) is 25.7 Å². The molecular weight excluding hydrogens is 1290 g/mol. The summed E-state index contributed by atoms with van der Waals surface area (Å²) < 4.78 is 68.6. The lowest BCUT2D eigenvalue weighted by Crippen LogP contribution is -2.30. The first-order valence-electron chi connectivity index (χ1n) is 41.5. The highest BCUT2D eigenvalue weighted by Crippen LogP contribution is 2.45. The number of hydrogen-bond donors (Lipinski definition) is 3. The van der Waals surface area contributed by atoms with Crippen LogP contribution in [0, 0.1) is 11.8 Å². The highest BCUT2D eigenvalue weighted by atomic mass is 31.2. The maximum atomic E-state index is 13.1. The number of hydrogen-bond acceptors (Lipinski definition) is 15. The van der Waals surface area contributed by atoms with Gasteiger partial charge in [0.25, 0.3) is 0 Å². The van der Waals surface area contributed by atoms with Gasteiger partial charge < -0.3 is 33.8 Å². The fourth-order valence-electron chi connectivity index (χ4n) is 12.4. The first-order valence-corrected chi connectivity index (χ1v) is 44.5. The van der Waals surface area contributed by atoms with Crippen molar-refractivity contribution < 1.29 is 80.2 Å². The molecule has 0 saturated heterocycles. The van der Waals surface area contributed by atoms with Gasteiger partial charge in [0.2, 0.25) is 0 Å². The van der Waals surface area contributed by atoms with Gasteiger partial charge in [-0.05, 0) is 37.5 Å². The van der Waals surface area contributed by atoms with Crippen LogP contribution >= 0.6 is 15.6 Å². The monoisotopic (exact) mass is 1450 g/mol. The molecule has 0 aliphatic carbocycles. The van der Waals surface area contributed by atoms with Crippen LogP contribution in [-0.2, 0) is 65.4 Å². The van der Waals surface area contributed by atoms with Crippen molar-refractivity contribution in [2.45, 2.75) is 439 Å². The Morgan fingerprint density at radius 2 is 0.465 bits per heavy atom. The second-order valence-electron chi connectivity index (χ2n) is 29.8. The molecule has 17 nitrogen and oxygen atoms in total. The molecular formula is C80H156O17P2. The van der Waals surface area contributed by atoms with Gasteiger partial charge in [-0.2, -0.15) is 0 Å². The van der Waals surface area contributed by atoms with Crippen LogP contribution in [0.1, 0.15) is 420 Å². The number of rotatable bonds is 79. The molecule has 0 aliphatic rings. The zero-order valence-corrected chi connectivity index (χ0v) is 66.6. The predicted octanol–water partition coefficient (Wildman–Crippen LogP) is 23.9. The first-order chi connectivity index (χ1) is 47.9. The minimum absolute atomic E-state index is 0.106. The van der Waals surface area contributed by atoms with Crippen LogP contribution in [0.2, 0.25) is 0 Å². The Balaban J connectivity index is 5.22. The van der Waals surface area contributed by atoms with Crippen molar-refractivity contribution in [3.8, 4) is 0 Å². The van der Waals surface area contributed by atoms with Crippen LogP contribution in [-0.4, -0.2) is 96.7 Å². The third-order valence-corrected chi connectivity index (χ3v) is 20.6. The Bertz CT molecular complexity index is 1910. The molecule has 0 amide bonds. The van der Waals surface area contributed by atoms with E-state index in [1.54, 1.807) is 0 Å². The Morgan fingerprint density at radius 3 is 0.687 bits per heavy atom. The van der Waals surface area contributed by atoms with Crippen molar-refractivity contribution in [1.29, 1.82) is 0 Å². The van der Waals surface area contributed by atoms with Gasteiger partial charge >= 0.3 is 39.5 Å². The Labute approximate surface area is 607 Å². The maximum Gasteiger partial charge on any atom is 0.472 e. The third kappa shape index (κ3) is 74.1. The minimum atomic E-state index is -4.96. The molecule has 0 rings (SSSR count). The predicted molar refractivity (Wildman–Crippen MR) is 405 cm³/mol. The van der Waals surface area contributed by atoms with Gasteiger partial charge in [-0.1, -0.05) is 369 Å². The quantitative estimate of drug-likeness (QED) is 0.0222. The van der Waals surface area contributed by atoms with Crippen molar-refractivity contribution in [1.82, 2.24) is 0 Å². The van der Waals surface area contributed by atoms with Crippen molar-refractivity contribution >= 4 is 39.5 Å². The second-order valence-corrected chi connectivity index (χ2v) is 32.7. The normalized spacial score (nSPS) is 13.9. The lowest BCUT2D eigenvalue weighted by atomic mass is 10.0. The summed E-state index contributed by atoms with van der Waals surface area (Å²) in [6.07, 6.45) is 61.1. The lowest BCUT2D eigenvalue weighted by Gasteiger charge is -2.21. The highest BCUT2D eigenvalue weighted by molar-refractivity contribution is 7.47. The summed E-state index contributed by atoms with van der Waals surface area (Å²) in [5.74, 6) is -0.575. The second kappa shape index (κ2) is 71.7. The zero-order valence-electron chi connectivity index (χ0n) is 64.8. The van der Waals surface area contributed by atoms with E-state index in [1.807, 2.05) is 0 Å². The van der Waals surface area contributed by atoms with Crippen molar-refractivity contribution in [2.75, 3.05) is 39.6 Å². The van der Waals surface area contributed by atoms with Crippen LogP contribution < -0.4 is 0 Å². The van der Waals surface area contributed by atoms with Crippen LogP contribution in [0.25, 0.3) is 0 Å². The van der Waals surface area contributed by atoms with Gasteiger partial charge in [0.15, 0.2) is 12.2 Å². The Morgan fingerprint density at radius 1 is 0.273 bits per heavy atom. The number of esters is 4.